The monoisotopic (exact) mass is 347 g/mol. The van der Waals surface area contributed by atoms with Gasteiger partial charge in [0.2, 0.25) is 10.0 Å². The molecule has 5 rings (SSSR count). The van der Waals surface area contributed by atoms with Crippen molar-refractivity contribution in [1.29, 1.82) is 0 Å². The maximum absolute atomic E-state index is 13.0. The molecule has 4 heteroatoms. The molecular weight excluding hydrogens is 318 g/mol. The van der Waals surface area contributed by atoms with Crippen LogP contribution in [0.15, 0.2) is 23.1 Å². The molecule has 1 N–H and O–H groups in total. The molecule has 4 aliphatic carbocycles. The lowest BCUT2D eigenvalue weighted by atomic mass is 9.48. The first kappa shape index (κ1) is 16.6. The van der Waals surface area contributed by atoms with Crippen molar-refractivity contribution in [3.05, 3.63) is 29.3 Å². The molecule has 4 bridgehead atoms. The molecule has 0 saturated heterocycles. The molecule has 24 heavy (non-hydrogen) atoms. The summed E-state index contributed by atoms with van der Waals surface area (Å²) in [6.45, 7) is 5.93. The summed E-state index contributed by atoms with van der Waals surface area (Å²) in [7, 11) is -3.46. The van der Waals surface area contributed by atoms with Gasteiger partial charge in [-0.3, -0.25) is 0 Å². The molecule has 132 valence electrons. The zero-order valence-corrected chi connectivity index (χ0v) is 15.8. The second-order valence-electron chi connectivity index (χ2n) is 8.89. The predicted molar refractivity (Wildman–Crippen MR) is 96.3 cm³/mol. The van der Waals surface area contributed by atoms with Crippen molar-refractivity contribution < 1.29 is 8.42 Å². The third kappa shape index (κ3) is 2.72. The van der Waals surface area contributed by atoms with Gasteiger partial charge in [-0.15, -0.1) is 0 Å². The Labute approximate surface area is 146 Å². The summed E-state index contributed by atoms with van der Waals surface area (Å²) in [6.07, 6.45) is 7.81. The quantitative estimate of drug-likeness (QED) is 0.888. The first-order chi connectivity index (χ1) is 11.3. The Morgan fingerprint density at radius 1 is 1.04 bits per heavy atom. The third-order valence-electron chi connectivity index (χ3n) is 6.97. The average molecular weight is 348 g/mol. The van der Waals surface area contributed by atoms with E-state index in [0.29, 0.717) is 4.90 Å². The fraction of sp³-hybridized carbons (Fsp3) is 0.700. The van der Waals surface area contributed by atoms with Gasteiger partial charge >= 0.3 is 0 Å². The summed E-state index contributed by atoms with van der Waals surface area (Å²) in [5.41, 5.74) is 2.01. The van der Waals surface area contributed by atoms with Crippen molar-refractivity contribution >= 4 is 10.0 Å². The number of benzene rings is 1. The van der Waals surface area contributed by atoms with Crippen LogP contribution in [-0.4, -0.2) is 14.5 Å². The number of hydrogen-bond donors (Lipinski definition) is 1. The predicted octanol–water partition coefficient (Wildman–Crippen LogP) is 4.19. The van der Waals surface area contributed by atoms with Gasteiger partial charge in [0, 0.05) is 6.04 Å². The fourth-order valence-electron chi connectivity index (χ4n) is 6.13. The second kappa shape index (κ2) is 5.57. The SMILES string of the molecule is Cc1ccc(C)c(S(=O)(=O)NC(C)C23CC4CC(CC(C4)C2)C3)c1. The van der Waals surface area contributed by atoms with Crippen LogP contribution in [0.1, 0.15) is 56.6 Å². The maximum atomic E-state index is 13.0. The van der Waals surface area contributed by atoms with Gasteiger partial charge in [0.1, 0.15) is 0 Å². The molecule has 0 aromatic heterocycles. The minimum absolute atomic E-state index is 0.0239. The molecule has 4 fully saturated rings. The molecule has 1 aromatic rings. The Balaban J connectivity index is 1.59. The van der Waals surface area contributed by atoms with Crippen molar-refractivity contribution in [2.24, 2.45) is 23.2 Å². The van der Waals surface area contributed by atoms with Gasteiger partial charge in [-0.2, -0.15) is 0 Å². The smallest absolute Gasteiger partial charge is 0.208 e. The molecule has 0 radical (unpaired) electrons. The van der Waals surface area contributed by atoms with E-state index in [2.05, 4.69) is 11.6 Å². The van der Waals surface area contributed by atoms with Crippen LogP contribution in [-0.2, 0) is 10.0 Å². The summed E-state index contributed by atoms with van der Waals surface area (Å²) in [4.78, 5) is 0.444. The van der Waals surface area contributed by atoms with Gasteiger partial charge in [0.15, 0.2) is 0 Å². The van der Waals surface area contributed by atoms with E-state index in [1.807, 2.05) is 26.0 Å². The zero-order valence-electron chi connectivity index (χ0n) is 15.0. The molecule has 1 aromatic carbocycles. The van der Waals surface area contributed by atoms with Crippen molar-refractivity contribution in [3.8, 4) is 0 Å². The van der Waals surface area contributed by atoms with Gasteiger partial charge in [-0.25, -0.2) is 13.1 Å². The van der Waals surface area contributed by atoms with Gasteiger partial charge in [-0.1, -0.05) is 12.1 Å². The minimum atomic E-state index is -3.46. The van der Waals surface area contributed by atoms with E-state index in [1.54, 1.807) is 6.07 Å². The first-order valence-corrected chi connectivity index (χ1v) is 10.9. The lowest BCUT2D eigenvalue weighted by Crippen LogP contribution is -2.55. The van der Waals surface area contributed by atoms with Crippen LogP contribution in [0.3, 0.4) is 0 Å². The molecular formula is C20H29NO2S. The molecule has 4 aliphatic rings. The third-order valence-corrected chi connectivity index (χ3v) is 8.65. The van der Waals surface area contributed by atoms with Gasteiger partial charge < -0.3 is 0 Å². The van der Waals surface area contributed by atoms with Crippen LogP contribution in [0.25, 0.3) is 0 Å². The highest BCUT2D eigenvalue weighted by Gasteiger charge is 2.53. The van der Waals surface area contributed by atoms with Crippen LogP contribution in [0.2, 0.25) is 0 Å². The molecule has 0 spiro atoms. The van der Waals surface area contributed by atoms with Crippen molar-refractivity contribution in [3.63, 3.8) is 0 Å². The highest BCUT2D eigenvalue weighted by Crippen LogP contribution is 2.61. The van der Waals surface area contributed by atoms with Crippen molar-refractivity contribution in [1.82, 2.24) is 4.72 Å². The van der Waals surface area contributed by atoms with Gasteiger partial charge in [0.05, 0.1) is 4.90 Å². The van der Waals surface area contributed by atoms with Crippen LogP contribution in [0.4, 0.5) is 0 Å². The Morgan fingerprint density at radius 2 is 1.58 bits per heavy atom. The van der Waals surface area contributed by atoms with E-state index in [4.69, 9.17) is 0 Å². The van der Waals surface area contributed by atoms with E-state index in [1.165, 1.54) is 38.5 Å². The standard InChI is InChI=1S/C20H29NO2S/c1-13-4-5-14(2)19(6-13)24(22,23)21-15(3)20-10-16-7-17(11-20)9-18(8-16)12-20/h4-6,15-18,21H,7-12H2,1-3H3. The Hall–Kier alpha value is -0.870. The number of sulfonamides is 1. The van der Waals surface area contributed by atoms with E-state index in [9.17, 15) is 8.42 Å². The summed E-state index contributed by atoms with van der Waals surface area (Å²) < 4.78 is 29.1. The van der Waals surface area contributed by atoms with Gasteiger partial charge in [-0.05, 0) is 99.7 Å². The Bertz CT molecular complexity index is 718. The average Bonchev–Trinajstić information content (AvgIpc) is 2.48. The number of aryl methyl sites for hydroxylation is 2. The number of hydrogen-bond acceptors (Lipinski definition) is 2. The lowest BCUT2D eigenvalue weighted by molar-refractivity contribution is -0.0666. The van der Waals surface area contributed by atoms with Crippen molar-refractivity contribution in [2.75, 3.05) is 0 Å². The van der Waals surface area contributed by atoms with Crippen LogP contribution < -0.4 is 4.72 Å². The Morgan fingerprint density at radius 3 is 2.12 bits per heavy atom. The molecule has 1 unspecified atom stereocenters. The Kier molecular flexibility index (Phi) is 3.85. The largest absolute Gasteiger partial charge is 0.241 e. The second-order valence-corrected chi connectivity index (χ2v) is 10.6. The molecule has 0 amide bonds. The van der Waals surface area contributed by atoms with Crippen molar-refractivity contribution in [2.45, 2.75) is 70.2 Å². The molecule has 4 saturated carbocycles. The highest BCUT2D eigenvalue weighted by atomic mass is 32.2. The number of nitrogens with one attached hydrogen (secondary N) is 1. The molecule has 3 nitrogen and oxygen atoms in total. The highest BCUT2D eigenvalue weighted by molar-refractivity contribution is 7.89. The number of rotatable bonds is 4. The van der Waals surface area contributed by atoms with Crippen LogP contribution >= 0.6 is 0 Å². The zero-order chi connectivity index (χ0) is 17.1. The summed E-state index contributed by atoms with van der Waals surface area (Å²) in [5.74, 6) is 2.51. The van der Waals surface area contributed by atoms with E-state index in [-0.39, 0.29) is 11.5 Å². The van der Waals surface area contributed by atoms with E-state index < -0.39 is 10.0 Å². The molecule has 1 atom stereocenters. The van der Waals surface area contributed by atoms with E-state index in [0.717, 1.165) is 28.9 Å². The topological polar surface area (TPSA) is 46.2 Å². The summed E-state index contributed by atoms with van der Waals surface area (Å²) in [5, 5.41) is 0. The first-order valence-electron chi connectivity index (χ1n) is 9.37. The normalized spacial score (nSPS) is 36.0. The molecule has 0 heterocycles. The summed E-state index contributed by atoms with van der Waals surface area (Å²) >= 11 is 0. The lowest BCUT2D eigenvalue weighted by Gasteiger charge is -2.59. The maximum Gasteiger partial charge on any atom is 0.241 e. The van der Waals surface area contributed by atoms with Gasteiger partial charge in [0.25, 0.3) is 0 Å². The molecule has 0 aliphatic heterocycles. The fourth-order valence-corrected chi connectivity index (χ4v) is 7.80. The van der Waals surface area contributed by atoms with Crippen LogP contribution in [0.5, 0.6) is 0 Å². The summed E-state index contributed by atoms with van der Waals surface area (Å²) in [6, 6.07) is 5.69. The minimum Gasteiger partial charge on any atom is -0.208 e. The van der Waals surface area contributed by atoms with E-state index >= 15 is 0 Å². The van der Waals surface area contributed by atoms with Crippen LogP contribution in [0, 0.1) is 37.0 Å².